The first-order valence-corrected chi connectivity index (χ1v) is 7.92. The van der Waals surface area contributed by atoms with Crippen molar-refractivity contribution in [3.63, 3.8) is 0 Å². The van der Waals surface area contributed by atoms with E-state index in [1.54, 1.807) is 13.2 Å². The molecule has 2 aromatic carbocycles. The van der Waals surface area contributed by atoms with E-state index in [1.165, 1.54) is 7.11 Å². The average molecular weight is 292 g/mol. The van der Waals surface area contributed by atoms with Crippen LogP contribution in [0.5, 0.6) is 5.75 Å². The molecule has 2 rings (SSSR count). The topological polar surface area (TPSA) is 55.8 Å². The molecule has 106 valence electrons. The van der Waals surface area contributed by atoms with E-state index in [0.717, 1.165) is 16.7 Å². The minimum Gasteiger partial charge on any atom is -0.497 e. The number of benzene rings is 2. The molecule has 0 aliphatic rings. The summed E-state index contributed by atoms with van der Waals surface area (Å²) in [6.45, 7) is 0. The summed E-state index contributed by atoms with van der Waals surface area (Å²) in [7, 11) is -0.824. The molecule has 1 atom stereocenters. The van der Waals surface area contributed by atoms with Crippen LogP contribution in [0, 0.1) is 0 Å². The first-order chi connectivity index (χ1) is 9.55. The van der Waals surface area contributed by atoms with Gasteiger partial charge in [0.2, 0.25) is 0 Å². The molecule has 0 radical (unpaired) electrons. The van der Waals surface area contributed by atoms with Crippen LogP contribution in [0.3, 0.4) is 0 Å². The van der Waals surface area contributed by atoms with Crippen molar-refractivity contribution in [1.29, 1.82) is 0 Å². The molecular formula is C15H17O4P. The second-order valence-electron chi connectivity index (χ2n) is 4.37. The van der Waals surface area contributed by atoms with Crippen molar-refractivity contribution in [3.8, 4) is 16.9 Å². The molecule has 0 aromatic heterocycles. The highest BCUT2D eigenvalue weighted by molar-refractivity contribution is 7.51. The minimum absolute atomic E-state index is 0.0507. The summed E-state index contributed by atoms with van der Waals surface area (Å²) in [5, 5.41) is 0. The molecule has 0 fully saturated rings. The van der Waals surface area contributed by atoms with Crippen LogP contribution in [0.1, 0.15) is 5.56 Å². The van der Waals surface area contributed by atoms with Crippen LogP contribution < -0.4 is 4.74 Å². The molecule has 0 aliphatic carbocycles. The smallest absolute Gasteiger partial charge is 0.332 e. The molecule has 0 aliphatic heterocycles. The van der Waals surface area contributed by atoms with Gasteiger partial charge in [-0.2, -0.15) is 0 Å². The highest BCUT2D eigenvalue weighted by Gasteiger charge is 2.21. The fourth-order valence-corrected chi connectivity index (χ4v) is 2.83. The zero-order chi connectivity index (χ0) is 14.6. The minimum atomic E-state index is -3.63. The molecule has 20 heavy (non-hydrogen) atoms. The van der Waals surface area contributed by atoms with Gasteiger partial charge < -0.3 is 14.2 Å². The van der Waals surface area contributed by atoms with E-state index in [0.29, 0.717) is 5.75 Å². The molecule has 0 saturated carbocycles. The maximum absolute atomic E-state index is 11.8. The molecule has 4 nitrogen and oxygen atoms in total. The summed E-state index contributed by atoms with van der Waals surface area (Å²) in [6, 6.07) is 15.2. The van der Waals surface area contributed by atoms with Gasteiger partial charge in [0.1, 0.15) is 5.75 Å². The lowest BCUT2D eigenvalue weighted by molar-refractivity contribution is 0.314. The number of hydrogen-bond acceptors (Lipinski definition) is 3. The van der Waals surface area contributed by atoms with E-state index in [2.05, 4.69) is 4.52 Å². The predicted molar refractivity (Wildman–Crippen MR) is 79.0 cm³/mol. The lowest BCUT2D eigenvalue weighted by Gasteiger charge is -2.14. The van der Waals surface area contributed by atoms with Gasteiger partial charge in [-0.1, -0.05) is 36.4 Å². The molecule has 0 heterocycles. The Labute approximate surface area is 118 Å². The summed E-state index contributed by atoms with van der Waals surface area (Å²) in [4.78, 5) is 9.70. The number of hydrogen-bond donors (Lipinski definition) is 1. The molecular weight excluding hydrogens is 275 g/mol. The number of methoxy groups -OCH3 is 1. The fraction of sp³-hybridized carbons (Fsp3) is 0.200. The SMILES string of the molecule is COc1ccc(-c2ccccc2)c(CP(=O)(O)OC)c1. The van der Waals surface area contributed by atoms with Crippen LogP contribution in [0.15, 0.2) is 48.5 Å². The van der Waals surface area contributed by atoms with Gasteiger partial charge >= 0.3 is 7.60 Å². The third kappa shape index (κ3) is 3.48. The van der Waals surface area contributed by atoms with Gasteiger partial charge in [-0.05, 0) is 28.8 Å². The van der Waals surface area contributed by atoms with Gasteiger partial charge in [0.25, 0.3) is 0 Å². The Kier molecular flexibility index (Phi) is 4.61. The summed E-state index contributed by atoms with van der Waals surface area (Å²) in [5.41, 5.74) is 2.61. The van der Waals surface area contributed by atoms with Crippen molar-refractivity contribution < 1.29 is 18.7 Å². The van der Waals surface area contributed by atoms with E-state index >= 15 is 0 Å². The van der Waals surface area contributed by atoms with E-state index in [-0.39, 0.29) is 6.16 Å². The summed E-state index contributed by atoms with van der Waals surface area (Å²) in [5.74, 6) is 0.649. The number of rotatable bonds is 5. The van der Waals surface area contributed by atoms with E-state index in [1.807, 2.05) is 42.5 Å². The fourth-order valence-electron chi connectivity index (χ4n) is 2.01. The Balaban J connectivity index is 2.49. The lowest BCUT2D eigenvalue weighted by Crippen LogP contribution is -1.95. The maximum Gasteiger partial charge on any atom is 0.332 e. The van der Waals surface area contributed by atoms with Gasteiger partial charge in [0.05, 0.1) is 13.3 Å². The average Bonchev–Trinajstić information content (AvgIpc) is 2.47. The Bertz CT molecular complexity index is 625. The van der Waals surface area contributed by atoms with E-state index in [4.69, 9.17) is 4.74 Å². The van der Waals surface area contributed by atoms with Gasteiger partial charge in [0, 0.05) is 7.11 Å². The Morgan fingerprint density at radius 3 is 2.40 bits per heavy atom. The maximum atomic E-state index is 11.8. The normalized spacial score (nSPS) is 13.8. The van der Waals surface area contributed by atoms with E-state index in [9.17, 15) is 9.46 Å². The van der Waals surface area contributed by atoms with Gasteiger partial charge in [-0.3, -0.25) is 4.57 Å². The zero-order valence-corrected chi connectivity index (χ0v) is 12.3. The Hall–Kier alpha value is -1.61. The van der Waals surface area contributed by atoms with Crippen molar-refractivity contribution in [3.05, 3.63) is 54.1 Å². The molecule has 0 saturated heterocycles. The van der Waals surface area contributed by atoms with Gasteiger partial charge in [-0.25, -0.2) is 0 Å². The molecule has 0 amide bonds. The second-order valence-corrected chi connectivity index (χ2v) is 6.32. The van der Waals surface area contributed by atoms with Crippen LogP contribution in [-0.4, -0.2) is 19.1 Å². The third-order valence-corrected chi connectivity index (χ3v) is 4.36. The first-order valence-electron chi connectivity index (χ1n) is 6.15. The zero-order valence-electron chi connectivity index (χ0n) is 11.4. The van der Waals surface area contributed by atoms with Crippen molar-refractivity contribution in [2.24, 2.45) is 0 Å². The van der Waals surface area contributed by atoms with Crippen LogP contribution >= 0.6 is 7.60 Å². The summed E-state index contributed by atoms with van der Waals surface area (Å²) in [6.07, 6.45) is -0.0507. The van der Waals surface area contributed by atoms with Gasteiger partial charge in [-0.15, -0.1) is 0 Å². The van der Waals surface area contributed by atoms with Crippen molar-refractivity contribution in [2.45, 2.75) is 6.16 Å². The van der Waals surface area contributed by atoms with Crippen LogP contribution in [0.2, 0.25) is 0 Å². The highest BCUT2D eigenvalue weighted by atomic mass is 31.2. The molecule has 1 N–H and O–H groups in total. The molecule has 5 heteroatoms. The monoisotopic (exact) mass is 292 g/mol. The summed E-state index contributed by atoms with van der Waals surface area (Å²) < 4.78 is 21.7. The van der Waals surface area contributed by atoms with Gasteiger partial charge in [0.15, 0.2) is 0 Å². The highest BCUT2D eigenvalue weighted by Crippen LogP contribution is 2.46. The van der Waals surface area contributed by atoms with Crippen molar-refractivity contribution in [2.75, 3.05) is 14.2 Å². The Morgan fingerprint density at radius 1 is 1.10 bits per heavy atom. The number of ether oxygens (including phenoxy) is 1. The van der Waals surface area contributed by atoms with Crippen LogP contribution in [-0.2, 0) is 15.3 Å². The predicted octanol–water partition coefficient (Wildman–Crippen LogP) is 3.69. The Morgan fingerprint density at radius 2 is 1.80 bits per heavy atom. The van der Waals surface area contributed by atoms with Crippen LogP contribution in [0.25, 0.3) is 11.1 Å². The largest absolute Gasteiger partial charge is 0.497 e. The quantitative estimate of drug-likeness (QED) is 0.854. The van der Waals surface area contributed by atoms with Crippen molar-refractivity contribution in [1.82, 2.24) is 0 Å². The molecule has 2 aromatic rings. The standard InChI is InChI=1S/C15H17O4P/c1-18-14-8-9-15(12-6-4-3-5-7-12)13(10-14)11-20(16,17)19-2/h3-10H,11H2,1-2H3,(H,16,17). The summed E-state index contributed by atoms with van der Waals surface area (Å²) >= 11 is 0. The van der Waals surface area contributed by atoms with E-state index < -0.39 is 7.60 Å². The molecule has 1 unspecified atom stereocenters. The second kappa shape index (κ2) is 6.23. The van der Waals surface area contributed by atoms with Crippen LogP contribution in [0.4, 0.5) is 0 Å². The van der Waals surface area contributed by atoms with Crippen molar-refractivity contribution >= 4 is 7.60 Å². The first kappa shape index (κ1) is 14.8. The lowest BCUT2D eigenvalue weighted by atomic mass is 10.0. The molecule has 0 bridgehead atoms. The molecule has 0 spiro atoms. The third-order valence-electron chi connectivity index (χ3n) is 3.05.